The van der Waals surface area contributed by atoms with Crippen molar-refractivity contribution in [1.82, 2.24) is 5.32 Å². The molecule has 0 aliphatic heterocycles. The smallest absolute Gasteiger partial charge is 0.305 e. The Hall–Kier alpha value is -1.66. The van der Waals surface area contributed by atoms with Crippen molar-refractivity contribution < 1.29 is 24.5 Å². The molecule has 0 aliphatic carbocycles. The molecule has 0 aliphatic rings. The van der Waals surface area contributed by atoms with Gasteiger partial charge >= 0.3 is 5.97 Å². The number of ether oxygens (including phenoxy) is 1. The maximum absolute atomic E-state index is 12.5. The van der Waals surface area contributed by atoms with E-state index in [0.29, 0.717) is 25.9 Å². The third kappa shape index (κ3) is 61.6. The van der Waals surface area contributed by atoms with Crippen LogP contribution >= 0.6 is 0 Å². The van der Waals surface area contributed by atoms with E-state index in [1.54, 1.807) is 0 Å². The summed E-state index contributed by atoms with van der Waals surface area (Å²) in [5, 5.41) is 23.4. The van der Waals surface area contributed by atoms with E-state index in [4.69, 9.17) is 4.74 Å². The first kappa shape index (κ1) is 74.3. The lowest BCUT2D eigenvalue weighted by Gasteiger charge is -2.22. The predicted octanol–water partition coefficient (Wildman–Crippen LogP) is 22.1. The van der Waals surface area contributed by atoms with E-state index in [0.717, 1.165) is 44.9 Å². The molecule has 76 heavy (non-hydrogen) atoms. The molecule has 0 spiro atoms. The second-order valence-electron chi connectivity index (χ2n) is 23.9. The zero-order valence-corrected chi connectivity index (χ0v) is 51.5. The summed E-state index contributed by atoms with van der Waals surface area (Å²) in [4.78, 5) is 24.6. The largest absolute Gasteiger partial charge is 0.466 e. The van der Waals surface area contributed by atoms with E-state index in [9.17, 15) is 19.8 Å². The molecule has 6 nitrogen and oxygen atoms in total. The lowest BCUT2D eigenvalue weighted by Crippen LogP contribution is -2.45. The Kier molecular flexibility index (Phi) is 64.4. The van der Waals surface area contributed by atoms with E-state index in [-0.39, 0.29) is 18.5 Å². The van der Waals surface area contributed by atoms with Gasteiger partial charge in [0.25, 0.3) is 0 Å². The Labute approximate surface area is 475 Å². The lowest BCUT2D eigenvalue weighted by molar-refractivity contribution is -0.143. The average molecular weight is 1070 g/mol. The number of hydrogen-bond acceptors (Lipinski definition) is 5. The molecule has 450 valence electrons. The van der Waals surface area contributed by atoms with Crippen molar-refractivity contribution in [3.8, 4) is 0 Å². The Balaban J connectivity index is 3.41. The van der Waals surface area contributed by atoms with Crippen LogP contribution in [0, 0.1) is 0 Å². The minimum Gasteiger partial charge on any atom is -0.466 e. The monoisotopic (exact) mass is 1070 g/mol. The van der Waals surface area contributed by atoms with E-state index < -0.39 is 12.1 Å². The summed E-state index contributed by atoms with van der Waals surface area (Å²) >= 11 is 0. The summed E-state index contributed by atoms with van der Waals surface area (Å²) < 4.78 is 5.50. The van der Waals surface area contributed by atoms with Gasteiger partial charge in [0.2, 0.25) is 5.91 Å². The van der Waals surface area contributed by atoms with Crippen molar-refractivity contribution in [1.29, 1.82) is 0 Å². The van der Waals surface area contributed by atoms with Gasteiger partial charge in [-0.25, -0.2) is 0 Å². The van der Waals surface area contributed by atoms with Crippen LogP contribution in [0.25, 0.3) is 0 Å². The molecule has 0 saturated carbocycles. The third-order valence-electron chi connectivity index (χ3n) is 16.2. The van der Waals surface area contributed by atoms with Crippen LogP contribution < -0.4 is 5.32 Å². The summed E-state index contributed by atoms with van der Waals surface area (Å²) in [6, 6.07) is -0.547. The summed E-state index contributed by atoms with van der Waals surface area (Å²) in [5.74, 6) is -0.0306. The van der Waals surface area contributed by atoms with Gasteiger partial charge in [0, 0.05) is 12.8 Å². The molecule has 6 heteroatoms. The van der Waals surface area contributed by atoms with E-state index in [2.05, 4.69) is 43.5 Å². The highest BCUT2D eigenvalue weighted by molar-refractivity contribution is 5.76. The fourth-order valence-corrected chi connectivity index (χ4v) is 10.9. The third-order valence-corrected chi connectivity index (χ3v) is 16.2. The first-order chi connectivity index (χ1) is 37.5. The van der Waals surface area contributed by atoms with Crippen molar-refractivity contribution >= 4 is 11.9 Å². The molecular weight excluding hydrogens is 935 g/mol. The Morgan fingerprint density at radius 3 is 0.934 bits per heavy atom. The SMILES string of the molecule is CCCCCCCC/C=C\CCCCCCCCCC(=O)OCCCCCCCCCCCCC/C=C\CCCCCCCCCC(=O)NC(CO)C(O)CCCCCCCCCCCCCCCCCCCCCC. The molecule has 0 bridgehead atoms. The molecule has 2 atom stereocenters. The number of aliphatic hydroxyl groups excluding tert-OH is 2. The number of esters is 1. The van der Waals surface area contributed by atoms with Crippen molar-refractivity contribution in [2.75, 3.05) is 13.2 Å². The number of unbranched alkanes of at least 4 members (excludes halogenated alkanes) is 50. The maximum atomic E-state index is 12.5. The van der Waals surface area contributed by atoms with Gasteiger partial charge in [0.05, 0.1) is 25.4 Å². The van der Waals surface area contributed by atoms with Crippen LogP contribution in [0.5, 0.6) is 0 Å². The number of amides is 1. The van der Waals surface area contributed by atoms with Crippen LogP contribution in [0.4, 0.5) is 0 Å². The van der Waals surface area contributed by atoms with Crippen molar-refractivity contribution in [2.24, 2.45) is 0 Å². The van der Waals surface area contributed by atoms with Gasteiger partial charge < -0.3 is 20.3 Å². The number of rotatable bonds is 65. The molecule has 0 aromatic rings. The quantitative estimate of drug-likeness (QED) is 0.0320. The predicted molar refractivity (Wildman–Crippen MR) is 333 cm³/mol. The Bertz CT molecular complexity index is 1190. The zero-order chi connectivity index (χ0) is 55.0. The number of nitrogens with one attached hydrogen (secondary N) is 1. The van der Waals surface area contributed by atoms with Crippen molar-refractivity contribution in [2.45, 2.75) is 398 Å². The molecule has 0 radical (unpaired) electrons. The summed E-state index contributed by atoms with van der Waals surface area (Å²) in [6.45, 7) is 4.98. The second kappa shape index (κ2) is 65.9. The highest BCUT2D eigenvalue weighted by atomic mass is 16.5. The first-order valence-electron chi connectivity index (χ1n) is 34.6. The van der Waals surface area contributed by atoms with Crippen LogP contribution in [0.15, 0.2) is 24.3 Å². The van der Waals surface area contributed by atoms with E-state index >= 15 is 0 Å². The minimum absolute atomic E-state index is 0.00753. The number of aliphatic hydroxyl groups is 2. The van der Waals surface area contributed by atoms with Gasteiger partial charge in [-0.2, -0.15) is 0 Å². The van der Waals surface area contributed by atoms with Crippen LogP contribution in [-0.4, -0.2) is 47.4 Å². The van der Waals surface area contributed by atoms with Gasteiger partial charge in [0.15, 0.2) is 0 Å². The molecule has 0 rings (SSSR count). The highest BCUT2D eigenvalue weighted by Gasteiger charge is 2.20. The standard InChI is InChI=1S/C70H135NO5/c1-3-5-7-9-11-13-15-17-19-21-22-27-31-34-38-42-46-50-54-58-62-68(73)67(66-72)71-69(74)63-59-55-51-47-43-39-35-32-28-25-23-24-26-29-33-37-41-45-49-53-57-61-65-76-70(75)64-60-56-52-48-44-40-36-30-20-18-16-14-12-10-8-6-4-2/h18,20,25,28,67-68,72-73H,3-17,19,21-24,26-27,29-66H2,1-2H3,(H,71,74)/b20-18-,28-25-. The van der Waals surface area contributed by atoms with Gasteiger partial charge in [0.1, 0.15) is 0 Å². The molecule has 0 aromatic heterocycles. The Morgan fingerprint density at radius 1 is 0.355 bits per heavy atom. The van der Waals surface area contributed by atoms with E-state index in [1.807, 2.05) is 0 Å². The molecular formula is C70H135NO5. The van der Waals surface area contributed by atoms with Crippen LogP contribution in [0.2, 0.25) is 0 Å². The van der Waals surface area contributed by atoms with Gasteiger partial charge in [-0.1, -0.05) is 321 Å². The van der Waals surface area contributed by atoms with Crippen LogP contribution in [0.3, 0.4) is 0 Å². The maximum Gasteiger partial charge on any atom is 0.305 e. The molecule has 0 heterocycles. The summed E-state index contributed by atoms with van der Waals surface area (Å²) in [7, 11) is 0. The molecule has 0 fully saturated rings. The highest BCUT2D eigenvalue weighted by Crippen LogP contribution is 2.18. The van der Waals surface area contributed by atoms with Crippen LogP contribution in [-0.2, 0) is 14.3 Å². The fraction of sp³-hybridized carbons (Fsp3) is 0.914. The van der Waals surface area contributed by atoms with E-state index in [1.165, 1.54) is 308 Å². The molecule has 0 aromatic carbocycles. The first-order valence-corrected chi connectivity index (χ1v) is 34.6. The topological polar surface area (TPSA) is 95.9 Å². The number of allylic oxidation sites excluding steroid dienone is 4. The second-order valence-corrected chi connectivity index (χ2v) is 23.9. The molecule has 2 unspecified atom stereocenters. The summed E-state index contributed by atoms with van der Waals surface area (Å²) in [6.07, 6.45) is 82.1. The van der Waals surface area contributed by atoms with Crippen molar-refractivity contribution in [3.63, 3.8) is 0 Å². The van der Waals surface area contributed by atoms with Crippen LogP contribution in [0.1, 0.15) is 386 Å². The molecule has 1 amide bonds. The molecule has 0 saturated heterocycles. The number of carbonyl (C=O) groups is 2. The van der Waals surface area contributed by atoms with Gasteiger partial charge in [-0.15, -0.1) is 0 Å². The number of hydrogen-bond donors (Lipinski definition) is 3. The zero-order valence-electron chi connectivity index (χ0n) is 51.5. The normalized spacial score (nSPS) is 12.6. The lowest BCUT2D eigenvalue weighted by atomic mass is 10.0. The summed E-state index contributed by atoms with van der Waals surface area (Å²) in [5.41, 5.74) is 0. The average Bonchev–Trinajstić information content (AvgIpc) is 3.42. The minimum atomic E-state index is -0.670. The van der Waals surface area contributed by atoms with Crippen molar-refractivity contribution in [3.05, 3.63) is 24.3 Å². The Morgan fingerprint density at radius 2 is 0.618 bits per heavy atom. The number of carbonyl (C=O) groups excluding carboxylic acids is 2. The molecule has 3 N–H and O–H groups in total. The fourth-order valence-electron chi connectivity index (χ4n) is 10.9. The van der Waals surface area contributed by atoms with Gasteiger partial charge in [-0.05, 0) is 77.0 Å². The van der Waals surface area contributed by atoms with Gasteiger partial charge in [-0.3, -0.25) is 9.59 Å².